The van der Waals surface area contributed by atoms with Gasteiger partial charge in [0.25, 0.3) is 0 Å². The summed E-state index contributed by atoms with van der Waals surface area (Å²) >= 11 is 3.44. The summed E-state index contributed by atoms with van der Waals surface area (Å²) in [5, 5.41) is 4.53. The summed E-state index contributed by atoms with van der Waals surface area (Å²) in [6, 6.07) is 12.3. The Balaban J connectivity index is 1.92. The molecule has 2 aromatic heterocycles. The number of hydrogen-bond donors (Lipinski definition) is 2. The van der Waals surface area contributed by atoms with Crippen molar-refractivity contribution >= 4 is 32.5 Å². The van der Waals surface area contributed by atoms with Crippen molar-refractivity contribution in [1.82, 2.24) is 9.97 Å². The molecule has 0 aliphatic rings. The smallest absolute Gasteiger partial charge is 0.0934 e. The molecular weight excluding hydrogens is 290 g/mol. The molecule has 2 heterocycles. The van der Waals surface area contributed by atoms with E-state index in [1.807, 2.05) is 30.6 Å². The highest BCUT2D eigenvalue weighted by molar-refractivity contribution is 9.10. The van der Waals surface area contributed by atoms with Crippen LogP contribution in [-0.2, 0) is 6.54 Å². The van der Waals surface area contributed by atoms with Gasteiger partial charge in [-0.15, -0.1) is 0 Å². The molecule has 0 bridgehead atoms. The minimum atomic E-state index is 0.768. The third-order valence-electron chi connectivity index (χ3n) is 2.81. The zero-order chi connectivity index (χ0) is 12.4. The van der Waals surface area contributed by atoms with Crippen LogP contribution in [0.15, 0.2) is 53.3 Å². The number of para-hydroxylation sites is 1. The minimum Gasteiger partial charge on any atom is -0.378 e. The molecule has 90 valence electrons. The zero-order valence-corrected chi connectivity index (χ0v) is 11.2. The van der Waals surface area contributed by atoms with Crippen molar-refractivity contribution in [1.29, 1.82) is 0 Å². The fourth-order valence-corrected chi connectivity index (χ4v) is 2.29. The Hall–Kier alpha value is -1.81. The first-order valence-corrected chi connectivity index (χ1v) is 6.52. The van der Waals surface area contributed by atoms with Gasteiger partial charge in [0.15, 0.2) is 0 Å². The van der Waals surface area contributed by atoms with Crippen LogP contribution in [0.2, 0.25) is 0 Å². The third-order valence-corrected chi connectivity index (χ3v) is 3.24. The van der Waals surface area contributed by atoms with Crippen molar-refractivity contribution in [3.8, 4) is 0 Å². The molecule has 0 unspecified atom stereocenters. The SMILES string of the molecule is Brc1cnc2c(NCc3ccc[nH]3)cccc2c1. The van der Waals surface area contributed by atoms with Crippen LogP contribution in [0, 0.1) is 0 Å². The highest BCUT2D eigenvalue weighted by Gasteiger charge is 2.02. The number of nitrogens with one attached hydrogen (secondary N) is 2. The maximum absolute atomic E-state index is 4.46. The van der Waals surface area contributed by atoms with Crippen LogP contribution in [0.25, 0.3) is 10.9 Å². The molecule has 0 aliphatic heterocycles. The van der Waals surface area contributed by atoms with Crippen LogP contribution >= 0.6 is 15.9 Å². The Morgan fingerprint density at radius 1 is 1.22 bits per heavy atom. The van der Waals surface area contributed by atoms with Gasteiger partial charge in [-0.1, -0.05) is 12.1 Å². The van der Waals surface area contributed by atoms with E-state index in [4.69, 9.17) is 0 Å². The second-order valence-electron chi connectivity index (χ2n) is 4.08. The van der Waals surface area contributed by atoms with Gasteiger partial charge >= 0.3 is 0 Å². The maximum Gasteiger partial charge on any atom is 0.0934 e. The lowest BCUT2D eigenvalue weighted by atomic mass is 10.2. The van der Waals surface area contributed by atoms with Crippen molar-refractivity contribution < 1.29 is 0 Å². The normalized spacial score (nSPS) is 10.7. The van der Waals surface area contributed by atoms with E-state index in [0.717, 1.165) is 33.3 Å². The van der Waals surface area contributed by atoms with Crippen LogP contribution in [0.3, 0.4) is 0 Å². The average Bonchev–Trinajstić information content (AvgIpc) is 2.89. The van der Waals surface area contributed by atoms with Gasteiger partial charge in [-0.3, -0.25) is 4.98 Å². The van der Waals surface area contributed by atoms with Crippen LogP contribution < -0.4 is 5.32 Å². The molecule has 18 heavy (non-hydrogen) atoms. The van der Waals surface area contributed by atoms with Crippen molar-refractivity contribution in [3.63, 3.8) is 0 Å². The van der Waals surface area contributed by atoms with E-state index >= 15 is 0 Å². The number of halogens is 1. The van der Waals surface area contributed by atoms with Gasteiger partial charge in [0.2, 0.25) is 0 Å². The molecule has 0 spiro atoms. The zero-order valence-electron chi connectivity index (χ0n) is 9.65. The molecule has 0 radical (unpaired) electrons. The number of nitrogens with zero attached hydrogens (tertiary/aromatic N) is 1. The number of rotatable bonds is 3. The molecule has 0 fully saturated rings. The number of anilines is 1. The Kier molecular flexibility index (Phi) is 3.02. The monoisotopic (exact) mass is 301 g/mol. The second-order valence-corrected chi connectivity index (χ2v) is 5.00. The summed E-state index contributed by atoms with van der Waals surface area (Å²) in [6.45, 7) is 0.768. The number of pyridine rings is 1. The number of hydrogen-bond acceptors (Lipinski definition) is 2. The topological polar surface area (TPSA) is 40.7 Å². The molecule has 4 heteroatoms. The largest absolute Gasteiger partial charge is 0.378 e. The van der Waals surface area contributed by atoms with Gasteiger partial charge in [-0.25, -0.2) is 0 Å². The first kappa shape index (κ1) is 11.3. The van der Waals surface area contributed by atoms with Gasteiger partial charge < -0.3 is 10.3 Å². The fraction of sp³-hybridized carbons (Fsp3) is 0.0714. The molecule has 1 aromatic carbocycles. The highest BCUT2D eigenvalue weighted by atomic mass is 79.9. The summed E-state index contributed by atoms with van der Waals surface area (Å²) < 4.78 is 0.997. The summed E-state index contributed by atoms with van der Waals surface area (Å²) in [4.78, 5) is 7.64. The molecule has 3 rings (SSSR count). The summed E-state index contributed by atoms with van der Waals surface area (Å²) in [5.41, 5.74) is 3.20. The molecule has 3 aromatic rings. The van der Waals surface area contributed by atoms with Crippen LogP contribution in [0.1, 0.15) is 5.69 Å². The number of aromatic nitrogens is 2. The predicted molar refractivity (Wildman–Crippen MR) is 77.6 cm³/mol. The van der Waals surface area contributed by atoms with E-state index in [0.29, 0.717) is 0 Å². The van der Waals surface area contributed by atoms with E-state index in [9.17, 15) is 0 Å². The molecule has 0 saturated heterocycles. The van der Waals surface area contributed by atoms with Crippen LogP contribution in [0.5, 0.6) is 0 Å². The van der Waals surface area contributed by atoms with E-state index < -0.39 is 0 Å². The summed E-state index contributed by atoms with van der Waals surface area (Å²) in [7, 11) is 0. The van der Waals surface area contributed by atoms with Crippen molar-refractivity contribution in [3.05, 3.63) is 59.0 Å². The molecule has 0 saturated carbocycles. The van der Waals surface area contributed by atoms with Gasteiger partial charge in [0.1, 0.15) is 0 Å². The first-order chi connectivity index (χ1) is 8.83. The Labute approximate surface area is 113 Å². The molecule has 0 amide bonds. The second kappa shape index (κ2) is 4.82. The number of fused-ring (bicyclic) bond motifs is 1. The van der Waals surface area contributed by atoms with E-state index in [1.165, 1.54) is 0 Å². The standard InChI is InChI=1S/C14H12BrN3/c15-11-7-10-3-1-5-13(14(10)18-8-11)17-9-12-4-2-6-16-12/h1-8,16-17H,9H2. The summed E-state index contributed by atoms with van der Waals surface area (Å²) in [6.07, 6.45) is 3.75. The predicted octanol–water partition coefficient (Wildman–Crippen LogP) is 3.94. The molecule has 0 aliphatic carbocycles. The highest BCUT2D eigenvalue weighted by Crippen LogP contribution is 2.24. The quantitative estimate of drug-likeness (QED) is 0.769. The molecular formula is C14H12BrN3. The number of aromatic amines is 1. The Bertz CT molecular complexity index is 662. The molecule has 2 N–H and O–H groups in total. The Morgan fingerprint density at radius 2 is 2.17 bits per heavy atom. The summed E-state index contributed by atoms with van der Waals surface area (Å²) in [5.74, 6) is 0. The fourth-order valence-electron chi connectivity index (χ4n) is 1.94. The third kappa shape index (κ3) is 2.24. The van der Waals surface area contributed by atoms with Gasteiger partial charge in [0, 0.05) is 27.9 Å². The van der Waals surface area contributed by atoms with Crippen molar-refractivity contribution in [2.24, 2.45) is 0 Å². The lowest BCUT2D eigenvalue weighted by Gasteiger charge is -2.08. The first-order valence-electron chi connectivity index (χ1n) is 5.73. The van der Waals surface area contributed by atoms with Crippen molar-refractivity contribution in [2.45, 2.75) is 6.54 Å². The maximum atomic E-state index is 4.46. The lowest BCUT2D eigenvalue weighted by Crippen LogP contribution is -2.00. The average molecular weight is 302 g/mol. The number of H-pyrrole nitrogens is 1. The Morgan fingerprint density at radius 3 is 3.00 bits per heavy atom. The molecule has 3 nitrogen and oxygen atoms in total. The van der Waals surface area contributed by atoms with E-state index in [1.54, 1.807) is 0 Å². The lowest BCUT2D eigenvalue weighted by molar-refractivity contribution is 1.08. The minimum absolute atomic E-state index is 0.768. The van der Waals surface area contributed by atoms with E-state index in [-0.39, 0.29) is 0 Å². The van der Waals surface area contributed by atoms with Gasteiger partial charge in [0.05, 0.1) is 17.7 Å². The van der Waals surface area contributed by atoms with Crippen LogP contribution in [0.4, 0.5) is 5.69 Å². The van der Waals surface area contributed by atoms with Crippen molar-refractivity contribution in [2.75, 3.05) is 5.32 Å². The number of benzene rings is 1. The molecule has 0 atom stereocenters. The van der Waals surface area contributed by atoms with Gasteiger partial charge in [-0.2, -0.15) is 0 Å². The van der Waals surface area contributed by atoms with Gasteiger partial charge in [-0.05, 0) is 40.2 Å². The van der Waals surface area contributed by atoms with Crippen LogP contribution in [-0.4, -0.2) is 9.97 Å². The van der Waals surface area contributed by atoms with E-state index in [2.05, 4.69) is 49.4 Å².